The Morgan fingerprint density at radius 2 is 2.11 bits per heavy atom. The molecule has 0 saturated carbocycles. The van der Waals surface area contributed by atoms with Crippen LogP contribution in [0.2, 0.25) is 0 Å². The van der Waals surface area contributed by atoms with Gasteiger partial charge in [0.25, 0.3) is 0 Å². The average molecular weight is 263 g/mol. The van der Waals surface area contributed by atoms with Gasteiger partial charge in [-0.05, 0) is 12.1 Å². The normalized spacial score (nSPS) is 18.2. The summed E-state index contributed by atoms with van der Waals surface area (Å²) in [6.07, 6.45) is 3.14. The summed E-state index contributed by atoms with van der Waals surface area (Å²) in [7, 11) is 0. The van der Waals surface area contributed by atoms with Crippen LogP contribution in [0.5, 0.6) is 0 Å². The number of rotatable bonds is 2. The molecule has 0 amide bonds. The molecule has 102 valence electrons. The molecule has 1 saturated heterocycles. The largest absolute Gasteiger partial charge is 0.478 e. The van der Waals surface area contributed by atoms with Gasteiger partial charge >= 0.3 is 5.97 Å². The monoisotopic (exact) mass is 263 g/mol. The first-order chi connectivity index (χ1) is 9.27. The second-order valence-corrected chi connectivity index (χ2v) is 4.08. The standard InChI is InChI=1S/C6H12N4.C6H5NO2/c1-2-8-5(7-1)6-9-3-4-10-6;8-6(9)5-2-1-3-7-4-5/h5,7-8H,1-4H2,(H,9,10);1-4H,(H,8,9). The number of amidine groups is 1. The Balaban J connectivity index is 0.000000141. The molecule has 0 spiro atoms. The lowest BCUT2D eigenvalue weighted by molar-refractivity contribution is 0.0696. The third kappa shape index (κ3) is 4.01. The number of carbonyl (C=O) groups is 1. The molecule has 0 unspecified atom stereocenters. The molecule has 3 rings (SSSR count). The van der Waals surface area contributed by atoms with Crippen LogP contribution in [-0.2, 0) is 0 Å². The molecule has 1 aromatic heterocycles. The molecule has 0 aliphatic carbocycles. The smallest absolute Gasteiger partial charge is 0.337 e. The molecule has 1 fully saturated rings. The number of hydrogen-bond donors (Lipinski definition) is 4. The Bertz CT molecular complexity index is 443. The Morgan fingerprint density at radius 1 is 1.32 bits per heavy atom. The maximum Gasteiger partial charge on any atom is 0.337 e. The number of pyridine rings is 1. The van der Waals surface area contributed by atoms with E-state index in [0.29, 0.717) is 6.17 Å². The number of aliphatic imine (C=N–C) groups is 1. The predicted octanol–water partition coefficient (Wildman–Crippen LogP) is -0.713. The third-order valence-corrected chi connectivity index (χ3v) is 2.70. The summed E-state index contributed by atoms with van der Waals surface area (Å²) in [5.74, 6) is 0.139. The van der Waals surface area contributed by atoms with Gasteiger partial charge in [0.15, 0.2) is 0 Å². The van der Waals surface area contributed by atoms with Gasteiger partial charge in [-0.3, -0.25) is 20.6 Å². The Labute approximate surface area is 111 Å². The van der Waals surface area contributed by atoms with Gasteiger partial charge in [-0.2, -0.15) is 0 Å². The lowest BCUT2D eigenvalue weighted by atomic mass is 10.3. The van der Waals surface area contributed by atoms with E-state index in [1.54, 1.807) is 6.07 Å². The first-order valence-electron chi connectivity index (χ1n) is 6.15. The van der Waals surface area contributed by atoms with Crippen molar-refractivity contribution in [3.63, 3.8) is 0 Å². The molecule has 3 heterocycles. The van der Waals surface area contributed by atoms with E-state index in [1.807, 2.05) is 0 Å². The number of aromatic carboxylic acids is 1. The molecule has 1 aromatic rings. The summed E-state index contributed by atoms with van der Waals surface area (Å²) in [6, 6.07) is 3.08. The minimum atomic E-state index is -0.942. The molecule has 0 atom stereocenters. The van der Waals surface area contributed by atoms with E-state index in [1.165, 1.54) is 18.5 Å². The minimum absolute atomic E-state index is 0.220. The van der Waals surface area contributed by atoms with Crippen LogP contribution in [0.4, 0.5) is 0 Å². The molecule has 0 radical (unpaired) electrons. The molecule has 2 aliphatic heterocycles. The fraction of sp³-hybridized carbons (Fsp3) is 0.417. The number of carboxylic acid groups (broad SMARTS) is 1. The van der Waals surface area contributed by atoms with Crippen molar-refractivity contribution in [3.8, 4) is 0 Å². The maximum atomic E-state index is 10.2. The number of aromatic nitrogens is 1. The van der Waals surface area contributed by atoms with Crippen molar-refractivity contribution in [2.45, 2.75) is 6.17 Å². The van der Waals surface area contributed by atoms with Crippen molar-refractivity contribution in [3.05, 3.63) is 30.1 Å². The van der Waals surface area contributed by atoms with E-state index in [-0.39, 0.29) is 5.56 Å². The zero-order valence-electron chi connectivity index (χ0n) is 10.5. The van der Waals surface area contributed by atoms with Crippen molar-refractivity contribution >= 4 is 11.8 Å². The number of carboxylic acids is 1. The van der Waals surface area contributed by atoms with Gasteiger partial charge in [-0.25, -0.2) is 4.79 Å². The van der Waals surface area contributed by atoms with Crippen LogP contribution in [0, 0.1) is 0 Å². The third-order valence-electron chi connectivity index (χ3n) is 2.70. The lowest BCUT2D eigenvalue weighted by Crippen LogP contribution is -2.44. The van der Waals surface area contributed by atoms with Crippen LogP contribution >= 0.6 is 0 Å². The van der Waals surface area contributed by atoms with Gasteiger partial charge in [0.05, 0.1) is 12.1 Å². The summed E-state index contributed by atoms with van der Waals surface area (Å²) in [4.78, 5) is 18.1. The van der Waals surface area contributed by atoms with Crippen LogP contribution in [0.1, 0.15) is 10.4 Å². The lowest BCUT2D eigenvalue weighted by Gasteiger charge is -2.10. The summed E-state index contributed by atoms with van der Waals surface area (Å²) < 4.78 is 0. The molecular formula is C12H17N5O2. The van der Waals surface area contributed by atoms with Crippen molar-refractivity contribution in [2.24, 2.45) is 4.99 Å². The van der Waals surface area contributed by atoms with Crippen LogP contribution in [0.3, 0.4) is 0 Å². The van der Waals surface area contributed by atoms with Crippen LogP contribution in [-0.4, -0.2) is 54.2 Å². The summed E-state index contributed by atoms with van der Waals surface area (Å²) in [5, 5.41) is 18.2. The Morgan fingerprint density at radius 3 is 2.58 bits per heavy atom. The second kappa shape index (κ2) is 6.81. The first kappa shape index (κ1) is 13.4. The predicted molar refractivity (Wildman–Crippen MR) is 71.3 cm³/mol. The highest BCUT2D eigenvalue weighted by Gasteiger charge is 2.20. The molecule has 7 heteroatoms. The molecule has 7 nitrogen and oxygen atoms in total. The zero-order valence-corrected chi connectivity index (χ0v) is 10.5. The van der Waals surface area contributed by atoms with E-state index in [4.69, 9.17) is 5.11 Å². The molecule has 0 aromatic carbocycles. The van der Waals surface area contributed by atoms with Gasteiger partial charge in [0, 0.05) is 32.0 Å². The number of nitrogens with zero attached hydrogens (tertiary/aromatic N) is 2. The van der Waals surface area contributed by atoms with E-state index >= 15 is 0 Å². The summed E-state index contributed by atoms with van der Waals surface area (Å²) in [5.41, 5.74) is 0.220. The highest BCUT2D eigenvalue weighted by atomic mass is 16.4. The van der Waals surface area contributed by atoms with Crippen LogP contribution < -0.4 is 16.0 Å². The van der Waals surface area contributed by atoms with E-state index in [0.717, 1.165) is 32.0 Å². The van der Waals surface area contributed by atoms with E-state index in [9.17, 15) is 4.79 Å². The van der Waals surface area contributed by atoms with Crippen molar-refractivity contribution in [1.29, 1.82) is 0 Å². The molecule has 19 heavy (non-hydrogen) atoms. The average Bonchev–Trinajstić information content (AvgIpc) is 3.13. The second-order valence-electron chi connectivity index (χ2n) is 4.08. The quantitative estimate of drug-likeness (QED) is 0.562. The SMILES string of the molecule is C1CNC(C2NCCN2)=N1.O=C(O)c1cccnc1. The number of nitrogens with one attached hydrogen (secondary N) is 3. The zero-order chi connectivity index (χ0) is 13.5. The van der Waals surface area contributed by atoms with Gasteiger partial charge in [0.2, 0.25) is 0 Å². The minimum Gasteiger partial charge on any atom is -0.478 e. The van der Waals surface area contributed by atoms with Crippen molar-refractivity contribution in [2.75, 3.05) is 26.2 Å². The molecule has 0 bridgehead atoms. The van der Waals surface area contributed by atoms with Gasteiger partial charge in [-0.1, -0.05) is 0 Å². The van der Waals surface area contributed by atoms with Gasteiger partial charge in [0.1, 0.15) is 12.0 Å². The molecule has 2 aliphatic rings. The first-order valence-corrected chi connectivity index (χ1v) is 6.15. The highest BCUT2D eigenvalue weighted by Crippen LogP contribution is 1.93. The van der Waals surface area contributed by atoms with Crippen molar-refractivity contribution in [1.82, 2.24) is 20.9 Å². The Hall–Kier alpha value is -1.99. The molecule has 4 N–H and O–H groups in total. The van der Waals surface area contributed by atoms with E-state index in [2.05, 4.69) is 25.9 Å². The van der Waals surface area contributed by atoms with Crippen LogP contribution in [0.25, 0.3) is 0 Å². The van der Waals surface area contributed by atoms with E-state index < -0.39 is 5.97 Å². The topological polar surface area (TPSA) is 98.6 Å². The summed E-state index contributed by atoms with van der Waals surface area (Å²) >= 11 is 0. The van der Waals surface area contributed by atoms with Crippen LogP contribution in [0.15, 0.2) is 29.5 Å². The number of hydrogen-bond acceptors (Lipinski definition) is 6. The maximum absolute atomic E-state index is 10.2. The van der Waals surface area contributed by atoms with Gasteiger partial charge in [-0.15, -0.1) is 0 Å². The molecular weight excluding hydrogens is 246 g/mol. The van der Waals surface area contributed by atoms with Crippen molar-refractivity contribution < 1.29 is 9.90 Å². The van der Waals surface area contributed by atoms with Gasteiger partial charge < -0.3 is 10.4 Å². The Kier molecular flexibility index (Phi) is 4.82. The fourth-order valence-electron chi connectivity index (χ4n) is 1.80. The fourth-order valence-corrected chi connectivity index (χ4v) is 1.80. The summed E-state index contributed by atoms with van der Waals surface area (Å²) in [6.45, 7) is 4.02. The highest BCUT2D eigenvalue weighted by molar-refractivity contribution is 5.88.